The molecule has 0 spiro atoms. The molecule has 121 heavy (non-hydrogen) atoms. The number of amides is 1. The third-order valence-electron chi connectivity index (χ3n) is 21.6. The van der Waals surface area contributed by atoms with Gasteiger partial charge in [-0.1, -0.05) is 214 Å². The van der Waals surface area contributed by atoms with Gasteiger partial charge in [0.1, 0.15) is 40.6 Å². The number of rotatable bonds is 18. The Morgan fingerprint density at radius 1 is 0.463 bits per heavy atom. The van der Waals surface area contributed by atoms with E-state index in [0.29, 0.717) is 129 Å². The minimum absolute atomic E-state index is 0. The van der Waals surface area contributed by atoms with Crippen LogP contribution < -0.4 is 25.3 Å². The summed E-state index contributed by atoms with van der Waals surface area (Å²) in [4.78, 5) is 75.2. The average Bonchev–Trinajstić information content (AvgIpc) is 0.748. The molecule has 12 aromatic rings. The summed E-state index contributed by atoms with van der Waals surface area (Å²) in [6.45, 7) is 31.6. The van der Waals surface area contributed by atoms with Crippen LogP contribution in [0.2, 0.25) is 15.1 Å². The third kappa shape index (κ3) is 20.3. The molecule has 6 aromatic heterocycles. The number of aromatic nitrogens is 6. The van der Waals surface area contributed by atoms with Crippen LogP contribution in [0.4, 0.5) is 30.6 Å². The number of halogens is 7. The fraction of sp³-hybridized carbons (Fsp3) is 0.302. The van der Waals surface area contributed by atoms with Crippen molar-refractivity contribution in [2.45, 2.75) is 87.3 Å². The van der Waals surface area contributed by atoms with Gasteiger partial charge in [-0.25, -0.2) is 43.1 Å². The lowest BCUT2D eigenvalue weighted by atomic mass is 9.90. The summed E-state index contributed by atoms with van der Waals surface area (Å²) in [6, 6.07) is 49.6. The molecular weight excluding hydrogens is 1610 g/mol. The molecule has 1 amide bonds. The van der Waals surface area contributed by atoms with Crippen molar-refractivity contribution in [3.05, 3.63) is 255 Å². The summed E-state index contributed by atoms with van der Waals surface area (Å²) in [5.74, 6) is 1.66. The van der Waals surface area contributed by atoms with Crippen LogP contribution in [0.1, 0.15) is 113 Å². The van der Waals surface area contributed by atoms with E-state index in [1.165, 1.54) is 29.8 Å². The molecule has 4 aliphatic heterocycles. The predicted octanol–water partition coefficient (Wildman–Crippen LogP) is 20.6. The Kier molecular flexibility index (Phi) is 31.5. The van der Waals surface area contributed by atoms with Crippen molar-refractivity contribution in [3.63, 3.8) is 0 Å². The number of hydrogen-bond donors (Lipinski definition) is 3. The minimum atomic E-state index is -0.509. The third-order valence-corrected chi connectivity index (χ3v) is 22.7. The van der Waals surface area contributed by atoms with Gasteiger partial charge in [-0.2, -0.15) is 0 Å². The highest BCUT2D eigenvalue weighted by molar-refractivity contribution is 6.66. The van der Waals surface area contributed by atoms with Crippen molar-refractivity contribution >= 4 is 114 Å². The molecule has 4 saturated heterocycles. The van der Waals surface area contributed by atoms with Crippen LogP contribution in [0.25, 0.3) is 99.9 Å². The lowest BCUT2D eigenvalue weighted by molar-refractivity contribution is -0.126. The molecule has 0 aliphatic carbocycles. The second-order valence-corrected chi connectivity index (χ2v) is 31.8. The maximum absolute atomic E-state index is 15.2. The van der Waals surface area contributed by atoms with Gasteiger partial charge in [0.25, 0.3) is 0 Å². The van der Waals surface area contributed by atoms with Crippen LogP contribution in [0, 0.1) is 17.5 Å². The van der Waals surface area contributed by atoms with E-state index < -0.39 is 11.1 Å². The molecule has 3 N–H and O–H groups in total. The number of hydrogen-bond acceptors (Lipinski definition) is 17. The Morgan fingerprint density at radius 2 is 0.793 bits per heavy atom. The maximum Gasteiger partial charge on any atom is 0.246 e. The molecule has 16 rings (SSSR count). The number of ether oxygens (including phenoxy) is 1. The van der Waals surface area contributed by atoms with Crippen molar-refractivity contribution in [1.82, 2.24) is 50.3 Å². The molecule has 25 heteroatoms. The monoisotopic (exact) mass is 1710 g/mol. The first kappa shape index (κ1) is 91.2. The Morgan fingerprint density at radius 3 is 1.15 bits per heavy atom. The molecule has 0 bridgehead atoms. The van der Waals surface area contributed by atoms with Gasteiger partial charge in [0.15, 0.2) is 6.29 Å². The number of nitrogens with one attached hydrogen (secondary N) is 2. The lowest BCUT2D eigenvalue weighted by Gasteiger charge is -2.36. The Balaban J connectivity index is 0.000000172. The van der Waals surface area contributed by atoms with Gasteiger partial charge in [0.2, 0.25) is 11.1 Å². The molecule has 0 unspecified atom stereocenters. The highest BCUT2D eigenvalue weighted by Gasteiger charge is 2.32. The molecule has 0 radical (unpaired) electrons. The molecule has 10 heterocycles. The topological polar surface area (TPSA) is 198 Å². The average molecular weight is 1720 g/mol. The standard InChI is InChI=1S/C35H37ClFN5O2.C28H28ClFN4O.C28H26ClFN4O.C3H3ClO.2CH4/c1-4-31(43)41-13-15-42(16-14-41)35-27-21-28(36)33(26-11-7-8-12-29(26)37)39-34(27)32(25-10-6-5-9-24(25)23(2)3)30(38-35)22-40-17-19-44-20-18-40;2*1-17(2)18-7-3-4-8-19(18)25-24(16-35)32-28(34-13-11-31-12-14-34)21-15-22(29)26(33-27(21)25)20-9-5-6-10-23(20)30;1-2-3(4)5;;/h4-12,21,23H,1,13-20,22H2,2-3H3;3-10,15,17,31,35H,11-14,16H2,1-2H3;3-10,15-17,31H,11-14H2,1-2H3;2H,1H2;2*1H4. The van der Waals surface area contributed by atoms with Gasteiger partial charge in [0.05, 0.1) is 79.9 Å². The quantitative estimate of drug-likeness (QED) is 0.0416. The molecular formula is C96H102Cl4F3N13O5. The molecule has 0 saturated carbocycles. The number of aliphatic hydroxyl groups excluding tert-OH is 1. The van der Waals surface area contributed by atoms with E-state index in [0.717, 1.165) is 156 Å². The SMILES string of the molecule is C.C.C=CC(=O)Cl.C=CC(=O)N1CCN(c2nc(CN3CCOCC3)c(-c3ccccc3C(C)C)c3nc(-c4ccccc4F)c(Cl)cc23)CC1.CC(C)c1ccccc1-c1c(C=O)nc(N2CCNCC2)c2cc(Cl)c(-c3ccccc3F)nc12.CC(C)c1ccccc1-c1c(CO)nc(N2CCNCC2)c2cc(Cl)c(-c3ccccc3F)nc12. The predicted molar refractivity (Wildman–Crippen MR) is 489 cm³/mol. The van der Waals surface area contributed by atoms with Gasteiger partial charge in [-0.05, 0) is 129 Å². The van der Waals surface area contributed by atoms with E-state index in [-0.39, 0.29) is 56.8 Å². The second-order valence-electron chi connectivity index (χ2n) is 30.2. The first-order valence-electron chi connectivity index (χ1n) is 40.0. The summed E-state index contributed by atoms with van der Waals surface area (Å²) in [5.41, 5.74) is 14.5. The first-order chi connectivity index (χ1) is 57.6. The van der Waals surface area contributed by atoms with Gasteiger partial charge >= 0.3 is 0 Å². The van der Waals surface area contributed by atoms with Crippen LogP contribution in [0.5, 0.6) is 0 Å². The normalized spacial score (nSPS) is 14.3. The minimum Gasteiger partial charge on any atom is -0.390 e. The van der Waals surface area contributed by atoms with E-state index in [9.17, 15) is 28.3 Å². The smallest absolute Gasteiger partial charge is 0.246 e. The second kappa shape index (κ2) is 41.8. The Hall–Kier alpha value is -10.6. The molecule has 4 aliphatic rings. The lowest BCUT2D eigenvalue weighted by Crippen LogP contribution is -2.48. The van der Waals surface area contributed by atoms with Crippen LogP contribution in [0.3, 0.4) is 0 Å². The van der Waals surface area contributed by atoms with Gasteiger partial charge < -0.3 is 40.1 Å². The number of benzene rings is 6. The van der Waals surface area contributed by atoms with Crippen LogP contribution in [-0.4, -0.2) is 167 Å². The van der Waals surface area contributed by atoms with Crippen molar-refractivity contribution in [1.29, 1.82) is 0 Å². The van der Waals surface area contributed by atoms with Crippen LogP contribution >= 0.6 is 46.4 Å². The van der Waals surface area contributed by atoms with Crippen LogP contribution in [-0.2, 0) is 27.5 Å². The summed E-state index contributed by atoms with van der Waals surface area (Å²) in [6.07, 6.45) is 3.19. The number of fused-ring (bicyclic) bond motifs is 3. The summed E-state index contributed by atoms with van der Waals surface area (Å²) in [5, 5.41) is 20.1. The highest BCUT2D eigenvalue weighted by atomic mass is 35.5. The van der Waals surface area contributed by atoms with E-state index in [1.54, 1.807) is 59.5 Å². The largest absolute Gasteiger partial charge is 0.390 e. The number of allylic oxidation sites excluding steroid dienone is 1. The number of aliphatic hydroxyl groups is 1. The number of nitrogens with zero attached hydrogens (tertiary/aromatic N) is 11. The van der Waals surface area contributed by atoms with E-state index in [1.807, 2.05) is 60.7 Å². The molecule has 630 valence electrons. The molecule has 4 fully saturated rings. The van der Waals surface area contributed by atoms with E-state index in [2.05, 4.69) is 115 Å². The maximum atomic E-state index is 15.2. The number of morpholine rings is 1. The zero-order valence-corrected chi connectivity index (χ0v) is 70.4. The number of piperazine rings is 3. The van der Waals surface area contributed by atoms with Crippen molar-refractivity contribution in [3.8, 4) is 67.2 Å². The Bertz CT molecular complexity index is 5750. The molecule has 0 atom stereocenters. The van der Waals surface area contributed by atoms with Crippen molar-refractivity contribution in [2.75, 3.05) is 120 Å². The fourth-order valence-corrected chi connectivity index (χ4v) is 16.5. The van der Waals surface area contributed by atoms with Crippen molar-refractivity contribution < 1.29 is 37.4 Å². The summed E-state index contributed by atoms with van der Waals surface area (Å²) >= 11 is 25.1. The number of carbonyl (C=O) groups is 3. The van der Waals surface area contributed by atoms with Gasteiger partial charge in [0, 0.05) is 148 Å². The van der Waals surface area contributed by atoms with Crippen molar-refractivity contribution in [2.24, 2.45) is 0 Å². The highest BCUT2D eigenvalue weighted by Crippen LogP contribution is 2.47. The number of anilines is 3. The van der Waals surface area contributed by atoms with Crippen LogP contribution in [0.15, 0.2) is 189 Å². The summed E-state index contributed by atoms with van der Waals surface area (Å²) in [7, 11) is 0. The number of pyridine rings is 6. The van der Waals surface area contributed by atoms with E-state index >= 15 is 4.39 Å². The van der Waals surface area contributed by atoms with E-state index in [4.69, 9.17) is 81.0 Å². The first-order valence-corrected chi connectivity index (χ1v) is 41.5. The zero-order chi connectivity index (χ0) is 84.1. The molecule has 18 nitrogen and oxygen atoms in total. The summed E-state index contributed by atoms with van der Waals surface area (Å²) < 4.78 is 50.4. The number of aldehydes is 1. The zero-order valence-electron chi connectivity index (χ0n) is 67.3. The van der Waals surface area contributed by atoms with Gasteiger partial charge in [-0.3, -0.25) is 19.3 Å². The molecule has 6 aromatic carbocycles. The fourth-order valence-electron chi connectivity index (χ4n) is 15.7. The Labute approximate surface area is 726 Å². The number of carbonyl (C=O) groups excluding carboxylic acids is 3. The van der Waals surface area contributed by atoms with Gasteiger partial charge in [-0.15, -0.1) is 0 Å².